The Labute approximate surface area is 272 Å². The van der Waals surface area contributed by atoms with Crippen molar-refractivity contribution in [3.05, 3.63) is 17.6 Å². The van der Waals surface area contributed by atoms with E-state index < -0.39 is 42.4 Å². The lowest BCUT2D eigenvalue weighted by Gasteiger charge is -2.44. The molecule has 0 bridgehead atoms. The summed E-state index contributed by atoms with van der Waals surface area (Å²) in [6, 6.07) is -0.542. The number of carbonyl (C=O) groups excluding carboxylic acids is 3. The number of carbonyl (C=O) groups is 3. The van der Waals surface area contributed by atoms with Gasteiger partial charge in [0.2, 0.25) is 5.91 Å². The molecule has 2 atom stereocenters. The number of nitrogens with zero attached hydrogens (tertiary/aromatic N) is 5. The zero-order valence-electron chi connectivity index (χ0n) is 29.1. The summed E-state index contributed by atoms with van der Waals surface area (Å²) in [6.45, 7) is 16.8. The summed E-state index contributed by atoms with van der Waals surface area (Å²) in [4.78, 5) is 55.6. The van der Waals surface area contributed by atoms with Crippen molar-refractivity contribution in [2.45, 2.75) is 104 Å². The average Bonchev–Trinajstić information content (AvgIpc) is 2.95. The molecule has 0 aliphatic carbocycles. The quantitative estimate of drug-likeness (QED) is 0.343. The molecular formula is C33H54F2N6O5. The van der Waals surface area contributed by atoms with Crippen LogP contribution in [0.4, 0.5) is 19.4 Å². The molecule has 0 saturated carbocycles. The maximum atomic E-state index is 14.5. The topological polar surface area (TPSA) is 117 Å². The summed E-state index contributed by atoms with van der Waals surface area (Å²) in [7, 11) is 1.63. The highest BCUT2D eigenvalue weighted by Crippen LogP contribution is 2.32. The fourth-order valence-corrected chi connectivity index (χ4v) is 5.67. The summed E-state index contributed by atoms with van der Waals surface area (Å²) in [6.07, 6.45) is 1.15. The monoisotopic (exact) mass is 652 g/mol. The van der Waals surface area contributed by atoms with Crippen molar-refractivity contribution >= 4 is 23.7 Å². The van der Waals surface area contributed by atoms with E-state index in [1.165, 1.54) is 9.80 Å². The van der Waals surface area contributed by atoms with Crippen LogP contribution in [-0.4, -0.2) is 113 Å². The number of hydrogen-bond acceptors (Lipinski definition) is 8. The van der Waals surface area contributed by atoms with Gasteiger partial charge in [0, 0.05) is 77.4 Å². The summed E-state index contributed by atoms with van der Waals surface area (Å²) in [5, 5.41) is 3.30. The predicted molar refractivity (Wildman–Crippen MR) is 172 cm³/mol. The largest absolute Gasteiger partial charge is 0.444 e. The molecule has 0 radical (unpaired) electrons. The summed E-state index contributed by atoms with van der Waals surface area (Å²) >= 11 is 0. The maximum Gasteiger partial charge on any atom is 0.410 e. The summed E-state index contributed by atoms with van der Waals surface area (Å²) in [5.41, 5.74) is -0.835. The number of methoxy groups -OCH3 is 1. The molecule has 13 heteroatoms. The Morgan fingerprint density at radius 3 is 2.30 bits per heavy atom. The van der Waals surface area contributed by atoms with Gasteiger partial charge in [-0.15, -0.1) is 0 Å². The van der Waals surface area contributed by atoms with Crippen LogP contribution < -0.4 is 5.32 Å². The van der Waals surface area contributed by atoms with Crippen molar-refractivity contribution in [3.8, 4) is 0 Å². The Bertz CT molecular complexity index is 1210. The average molecular weight is 653 g/mol. The van der Waals surface area contributed by atoms with Crippen LogP contribution in [0.2, 0.25) is 0 Å². The second-order valence-electron chi connectivity index (χ2n) is 15.0. The van der Waals surface area contributed by atoms with Crippen molar-refractivity contribution in [2.24, 2.45) is 11.8 Å². The molecule has 3 rings (SSSR count). The third-order valence-electron chi connectivity index (χ3n) is 8.01. The Balaban J connectivity index is 1.99. The normalized spacial score (nSPS) is 20.4. The van der Waals surface area contributed by atoms with E-state index in [9.17, 15) is 23.2 Å². The van der Waals surface area contributed by atoms with Crippen LogP contribution in [0.15, 0.2) is 6.20 Å². The molecule has 2 aliphatic heterocycles. The number of likely N-dealkylation sites (tertiary alicyclic amines) is 2. The number of nitrogens with one attached hydrogen (secondary N) is 1. The van der Waals surface area contributed by atoms with E-state index in [4.69, 9.17) is 14.5 Å². The highest BCUT2D eigenvalue weighted by atomic mass is 19.3. The number of ether oxygens (including phenoxy) is 2. The molecule has 2 aliphatic rings. The molecule has 3 amide bonds. The number of hydrogen-bond donors (Lipinski definition) is 1. The molecule has 0 spiro atoms. The van der Waals surface area contributed by atoms with Crippen LogP contribution in [0.1, 0.15) is 97.3 Å². The van der Waals surface area contributed by atoms with Crippen molar-refractivity contribution in [2.75, 3.05) is 58.3 Å². The summed E-state index contributed by atoms with van der Waals surface area (Å²) < 4.78 is 38.7. The molecule has 2 saturated heterocycles. The first kappa shape index (κ1) is 37.4. The Morgan fingerprint density at radius 2 is 1.74 bits per heavy atom. The number of anilines is 1. The van der Waals surface area contributed by atoms with Gasteiger partial charge < -0.3 is 29.5 Å². The van der Waals surface area contributed by atoms with E-state index in [0.717, 1.165) is 0 Å². The Hall–Kier alpha value is -3.09. The molecule has 1 aromatic heterocycles. The number of amides is 3. The van der Waals surface area contributed by atoms with Gasteiger partial charge in [-0.2, -0.15) is 0 Å². The second-order valence-corrected chi connectivity index (χ2v) is 15.0. The number of aromatic nitrogens is 2. The lowest BCUT2D eigenvalue weighted by atomic mass is 9.90. The fraction of sp³-hybridized carbons (Fsp3) is 0.788. The standard InChI is InChI=1S/C33H54F2N6O5/c1-22(2)19-41(28(43)25-18-37-29(31(3,4)5)38-26(25)36-13-10-16-45-9)24-17-23(20-40(21-24)30(44)46-32(6,7)8)27(42)39-14-11-33(34,35)12-15-39/h18,22-24H,10-17,19-21H2,1-9H3,(H,36,37,38)/t23-,24+/m1/s1. The van der Waals surface area contributed by atoms with Crippen LogP contribution in [0.25, 0.3) is 0 Å². The van der Waals surface area contributed by atoms with Crippen LogP contribution in [-0.2, 0) is 19.7 Å². The highest BCUT2D eigenvalue weighted by molar-refractivity contribution is 5.98. The van der Waals surface area contributed by atoms with Gasteiger partial charge in [-0.1, -0.05) is 34.6 Å². The van der Waals surface area contributed by atoms with E-state index >= 15 is 0 Å². The minimum absolute atomic E-state index is 0.0519. The van der Waals surface area contributed by atoms with E-state index in [0.29, 0.717) is 43.3 Å². The van der Waals surface area contributed by atoms with E-state index in [1.807, 2.05) is 34.6 Å². The van der Waals surface area contributed by atoms with Crippen molar-refractivity contribution in [3.63, 3.8) is 0 Å². The maximum absolute atomic E-state index is 14.5. The first-order valence-electron chi connectivity index (χ1n) is 16.4. The zero-order chi connectivity index (χ0) is 34.4. The van der Waals surface area contributed by atoms with Crippen molar-refractivity contribution < 1.29 is 32.6 Å². The SMILES string of the molecule is COCCCNc1nc(C(C)(C)C)ncc1C(=O)N(CC(C)C)[C@H]1C[C@@H](C(=O)N2CCC(F)(F)CC2)CN(C(=O)OC(C)(C)C)C1. The van der Waals surface area contributed by atoms with Crippen LogP contribution >= 0.6 is 0 Å². The molecule has 260 valence electrons. The lowest BCUT2D eigenvalue weighted by Crippen LogP contribution is -2.58. The number of piperidine rings is 2. The second kappa shape index (κ2) is 15.2. The van der Waals surface area contributed by atoms with Gasteiger partial charge in [-0.25, -0.2) is 23.5 Å². The number of alkyl halides is 2. The first-order valence-corrected chi connectivity index (χ1v) is 16.4. The number of halogens is 2. The minimum atomic E-state index is -2.80. The molecule has 3 heterocycles. The van der Waals surface area contributed by atoms with Gasteiger partial charge in [0.25, 0.3) is 11.8 Å². The summed E-state index contributed by atoms with van der Waals surface area (Å²) in [5.74, 6) is -3.03. The number of rotatable bonds is 10. The zero-order valence-corrected chi connectivity index (χ0v) is 29.1. The van der Waals surface area contributed by atoms with Gasteiger partial charge in [-0.05, 0) is 39.5 Å². The lowest BCUT2D eigenvalue weighted by molar-refractivity contribution is -0.144. The molecule has 1 aromatic rings. The van der Waals surface area contributed by atoms with E-state index in [2.05, 4.69) is 10.3 Å². The Kier molecular flexibility index (Phi) is 12.4. The van der Waals surface area contributed by atoms with Crippen molar-refractivity contribution in [1.29, 1.82) is 0 Å². The molecular weight excluding hydrogens is 598 g/mol. The van der Waals surface area contributed by atoms with Gasteiger partial charge in [0.05, 0.1) is 12.0 Å². The third-order valence-corrected chi connectivity index (χ3v) is 8.01. The molecule has 2 fully saturated rings. The van der Waals surface area contributed by atoms with Gasteiger partial charge in [0.1, 0.15) is 22.8 Å². The van der Waals surface area contributed by atoms with Crippen LogP contribution in [0.3, 0.4) is 0 Å². The van der Waals surface area contributed by atoms with E-state index in [1.54, 1.807) is 39.0 Å². The molecule has 46 heavy (non-hydrogen) atoms. The minimum Gasteiger partial charge on any atom is -0.444 e. The van der Waals surface area contributed by atoms with Crippen molar-refractivity contribution in [1.82, 2.24) is 24.7 Å². The van der Waals surface area contributed by atoms with Gasteiger partial charge in [-0.3, -0.25) is 9.59 Å². The highest BCUT2D eigenvalue weighted by Gasteiger charge is 2.43. The molecule has 11 nitrogen and oxygen atoms in total. The van der Waals surface area contributed by atoms with Crippen LogP contribution in [0.5, 0.6) is 0 Å². The van der Waals surface area contributed by atoms with Crippen LogP contribution in [0, 0.1) is 11.8 Å². The Morgan fingerprint density at radius 1 is 1.09 bits per heavy atom. The smallest absolute Gasteiger partial charge is 0.410 e. The third kappa shape index (κ3) is 10.5. The molecule has 0 unspecified atom stereocenters. The van der Waals surface area contributed by atoms with E-state index in [-0.39, 0.29) is 55.7 Å². The van der Waals surface area contributed by atoms with Gasteiger partial charge >= 0.3 is 6.09 Å². The fourth-order valence-electron chi connectivity index (χ4n) is 5.67. The molecule has 1 N–H and O–H groups in total. The first-order chi connectivity index (χ1) is 21.3. The van der Waals surface area contributed by atoms with Gasteiger partial charge in [0.15, 0.2) is 0 Å². The predicted octanol–water partition coefficient (Wildman–Crippen LogP) is 5.20. The molecule has 0 aromatic carbocycles.